The Labute approximate surface area is 155 Å². The maximum absolute atomic E-state index is 12.4. The van der Waals surface area contributed by atoms with Crippen LogP contribution in [0.15, 0.2) is 16.6 Å². The minimum Gasteiger partial charge on any atom is -0.486 e. The molecule has 138 valence electrons. The lowest BCUT2D eigenvalue weighted by Gasteiger charge is -2.28. The predicted molar refractivity (Wildman–Crippen MR) is 94.0 cm³/mol. The van der Waals surface area contributed by atoms with Crippen molar-refractivity contribution in [3.8, 4) is 11.5 Å². The molecule has 0 saturated heterocycles. The summed E-state index contributed by atoms with van der Waals surface area (Å²) in [5, 5.41) is 8.92. The van der Waals surface area contributed by atoms with Crippen LogP contribution in [-0.4, -0.2) is 47.4 Å². The molecule has 8 heteroatoms. The molecule has 0 unspecified atom stereocenters. The molecule has 0 aliphatic carbocycles. The summed E-state index contributed by atoms with van der Waals surface area (Å²) in [6.45, 7) is 6.49. The average molecular weight is 416 g/mol. The van der Waals surface area contributed by atoms with Gasteiger partial charge in [0.05, 0.1) is 10.9 Å². The SMILES string of the molecule is CC(C)(C)OC(=O)N(CCC(=O)O)Cc1cc(Br)c2c(c1)OCCO2. The lowest BCUT2D eigenvalue weighted by atomic mass is 10.1. The standard InChI is InChI=1S/C17H22BrNO6/c1-17(2,3)25-16(22)19(5-4-14(20)21)10-11-8-12(18)15-13(9-11)23-6-7-24-15/h8-9H,4-7,10H2,1-3H3,(H,20,21). The molecule has 1 heterocycles. The van der Waals surface area contributed by atoms with Crippen molar-refractivity contribution in [1.29, 1.82) is 0 Å². The highest BCUT2D eigenvalue weighted by atomic mass is 79.9. The van der Waals surface area contributed by atoms with Gasteiger partial charge >= 0.3 is 12.1 Å². The van der Waals surface area contributed by atoms with E-state index in [0.29, 0.717) is 24.7 Å². The number of carbonyl (C=O) groups excluding carboxylic acids is 1. The molecule has 1 N–H and O–H groups in total. The van der Waals surface area contributed by atoms with Crippen molar-refractivity contribution < 1.29 is 28.9 Å². The van der Waals surface area contributed by atoms with Crippen LogP contribution >= 0.6 is 15.9 Å². The van der Waals surface area contributed by atoms with Crippen LogP contribution in [0.2, 0.25) is 0 Å². The Morgan fingerprint density at radius 2 is 1.96 bits per heavy atom. The highest BCUT2D eigenvalue weighted by Crippen LogP contribution is 2.38. The van der Waals surface area contributed by atoms with Crippen molar-refractivity contribution in [1.82, 2.24) is 4.90 Å². The number of fused-ring (bicyclic) bond motifs is 1. The zero-order chi connectivity index (χ0) is 18.6. The molecule has 0 atom stereocenters. The van der Waals surface area contributed by atoms with Gasteiger partial charge in [0, 0.05) is 13.1 Å². The fraction of sp³-hybridized carbons (Fsp3) is 0.529. The Kier molecular flexibility index (Phi) is 6.16. The van der Waals surface area contributed by atoms with Gasteiger partial charge < -0.3 is 24.2 Å². The molecular weight excluding hydrogens is 394 g/mol. The first-order chi connectivity index (χ1) is 11.7. The topological polar surface area (TPSA) is 85.3 Å². The van der Waals surface area contributed by atoms with Crippen LogP contribution in [0.5, 0.6) is 11.5 Å². The molecule has 0 radical (unpaired) electrons. The minimum absolute atomic E-state index is 0.0519. The van der Waals surface area contributed by atoms with Crippen LogP contribution in [-0.2, 0) is 16.1 Å². The molecule has 2 rings (SSSR count). The monoisotopic (exact) mass is 415 g/mol. The van der Waals surface area contributed by atoms with Gasteiger partial charge in [-0.1, -0.05) is 0 Å². The molecule has 0 bridgehead atoms. The van der Waals surface area contributed by atoms with E-state index in [4.69, 9.17) is 19.3 Å². The van der Waals surface area contributed by atoms with E-state index in [1.54, 1.807) is 26.8 Å². The number of halogens is 1. The van der Waals surface area contributed by atoms with Gasteiger partial charge in [0.2, 0.25) is 0 Å². The summed E-state index contributed by atoms with van der Waals surface area (Å²) in [7, 11) is 0. The summed E-state index contributed by atoms with van der Waals surface area (Å²) >= 11 is 3.44. The van der Waals surface area contributed by atoms with Crippen molar-refractivity contribution in [3.63, 3.8) is 0 Å². The molecule has 1 aliphatic heterocycles. The quantitative estimate of drug-likeness (QED) is 0.792. The van der Waals surface area contributed by atoms with Crippen molar-refractivity contribution in [3.05, 3.63) is 22.2 Å². The first-order valence-corrected chi connectivity index (χ1v) is 8.73. The van der Waals surface area contributed by atoms with Gasteiger partial charge in [-0.25, -0.2) is 4.79 Å². The highest BCUT2D eigenvalue weighted by Gasteiger charge is 2.24. The van der Waals surface area contributed by atoms with Crippen molar-refractivity contribution in [2.24, 2.45) is 0 Å². The van der Waals surface area contributed by atoms with E-state index in [9.17, 15) is 9.59 Å². The molecule has 0 spiro atoms. The van der Waals surface area contributed by atoms with Gasteiger partial charge in [0.15, 0.2) is 11.5 Å². The zero-order valence-corrected chi connectivity index (χ0v) is 16.1. The number of amides is 1. The molecule has 25 heavy (non-hydrogen) atoms. The smallest absolute Gasteiger partial charge is 0.410 e. The van der Waals surface area contributed by atoms with Crippen LogP contribution in [0.3, 0.4) is 0 Å². The Balaban J connectivity index is 2.19. The first kappa shape index (κ1) is 19.4. The number of aliphatic carboxylic acids is 1. The van der Waals surface area contributed by atoms with Crippen LogP contribution in [0, 0.1) is 0 Å². The van der Waals surface area contributed by atoms with Crippen molar-refractivity contribution >= 4 is 28.0 Å². The summed E-state index contributed by atoms with van der Waals surface area (Å²) in [6, 6.07) is 3.61. The van der Waals surface area contributed by atoms with E-state index in [1.807, 2.05) is 6.07 Å². The lowest BCUT2D eigenvalue weighted by Crippen LogP contribution is -2.37. The molecule has 0 aromatic heterocycles. The third kappa shape index (κ3) is 5.81. The molecular formula is C17H22BrNO6. The number of rotatable bonds is 5. The van der Waals surface area contributed by atoms with E-state index >= 15 is 0 Å². The van der Waals surface area contributed by atoms with Crippen LogP contribution in [0.1, 0.15) is 32.8 Å². The van der Waals surface area contributed by atoms with Gasteiger partial charge in [-0.3, -0.25) is 4.79 Å². The van der Waals surface area contributed by atoms with Gasteiger partial charge in [-0.2, -0.15) is 0 Å². The molecule has 1 aromatic rings. The van der Waals surface area contributed by atoms with Gasteiger partial charge in [0.25, 0.3) is 0 Å². The summed E-state index contributed by atoms with van der Waals surface area (Å²) in [5.74, 6) is 0.249. The normalized spacial score (nSPS) is 13.3. The molecule has 7 nitrogen and oxygen atoms in total. The van der Waals surface area contributed by atoms with Gasteiger partial charge in [-0.05, 0) is 54.4 Å². The van der Waals surface area contributed by atoms with Crippen LogP contribution in [0.4, 0.5) is 4.79 Å². The number of nitrogens with zero attached hydrogens (tertiary/aromatic N) is 1. The van der Waals surface area contributed by atoms with E-state index in [1.165, 1.54) is 4.90 Å². The fourth-order valence-corrected chi connectivity index (χ4v) is 2.87. The number of carbonyl (C=O) groups is 2. The Bertz CT molecular complexity index is 655. The Hall–Kier alpha value is -1.96. The maximum Gasteiger partial charge on any atom is 0.410 e. The summed E-state index contributed by atoms with van der Waals surface area (Å²) in [4.78, 5) is 24.7. The lowest BCUT2D eigenvalue weighted by molar-refractivity contribution is -0.137. The number of ether oxygens (including phenoxy) is 3. The fourth-order valence-electron chi connectivity index (χ4n) is 2.27. The third-order valence-corrected chi connectivity index (χ3v) is 3.87. The van der Waals surface area contributed by atoms with Gasteiger partial charge in [0.1, 0.15) is 18.8 Å². The highest BCUT2D eigenvalue weighted by molar-refractivity contribution is 9.10. The second-order valence-electron chi connectivity index (χ2n) is 6.65. The summed E-state index contributed by atoms with van der Waals surface area (Å²) in [6.07, 6.45) is -0.718. The molecule has 1 amide bonds. The summed E-state index contributed by atoms with van der Waals surface area (Å²) < 4.78 is 17.2. The second-order valence-corrected chi connectivity index (χ2v) is 7.50. The van der Waals surface area contributed by atoms with E-state index < -0.39 is 17.7 Å². The second kappa shape index (κ2) is 7.95. The number of benzene rings is 1. The summed E-state index contributed by atoms with van der Waals surface area (Å²) in [5.41, 5.74) is 0.124. The molecule has 1 aromatic carbocycles. The van der Waals surface area contributed by atoms with Gasteiger partial charge in [-0.15, -0.1) is 0 Å². The Morgan fingerprint density at radius 1 is 1.28 bits per heavy atom. The Morgan fingerprint density at radius 3 is 2.60 bits per heavy atom. The third-order valence-electron chi connectivity index (χ3n) is 3.28. The minimum atomic E-state index is -0.975. The van der Waals surface area contributed by atoms with E-state index in [2.05, 4.69) is 15.9 Å². The van der Waals surface area contributed by atoms with Crippen LogP contribution < -0.4 is 9.47 Å². The van der Waals surface area contributed by atoms with E-state index in [-0.39, 0.29) is 19.5 Å². The molecule has 0 saturated carbocycles. The number of carboxylic acids is 1. The van der Waals surface area contributed by atoms with Crippen molar-refractivity contribution in [2.75, 3.05) is 19.8 Å². The largest absolute Gasteiger partial charge is 0.486 e. The first-order valence-electron chi connectivity index (χ1n) is 7.93. The predicted octanol–water partition coefficient (Wildman–Crippen LogP) is 3.43. The van der Waals surface area contributed by atoms with Crippen molar-refractivity contribution in [2.45, 2.75) is 39.3 Å². The maximum atomic E-state index is 12.4. The number of carboxylic acid groups (broad SMARTS) is 1. The molecule has 0 fully saturated rings. The number of hydrogen-bond donors (Lipinski definition) is 1. The molecule has 1 aliphatic rings. The number of hydrogen-bond acceptors (Lipinski definition) is 5. The van der Waals surface area contributed by atoms with Crippen LogP contribution in [0.25, 0.3) is 0 Å². The zero-order valence-electron chi connectivity index (χ0n) is 14.5. The van der Waals surface area contributed by atoms with E-state index in [0.717, 1.165) is 10.0 Å². The average Bonchev–Trinajstić information content (AvgIpc) is 2.49.